The van der Waals surface area contributed by atoms with Crippen molar-refractivity contribution < 1.29 is 14.3 Å². The van der Waals surface area contributed by atoms with E-state index in [1.807, 2.05) is 0 Å². The molecule has 132 valence electrons. The summed E-state index contributed by atoms with van der Waals surface area (Å²) in [6.45, 7) is 1.84. The number of nitrogens with one attached hydrogen (secondary N) is 1. The van der Waals surface area contributed by atoms with Gasteiger partial charge in [-0.25, -0.2) is 4.39 Å². The van der Waals surface area contributed by atoms with Crippen LogP contribution < -0.4 is 5.32 Å². The molecule has 7 heteroatoms. The number of nitrogens with zero attached hydrogens (tertiary/aromatic N) is 1. The lowest BCUT2D eigenvalue weighted by atomic mass is 9.80. The summed E-state index contributed by atoms with van der Waals surface area (Å²) in [6.07, 6.45) is 0.721. The third kappa shape index (κ3) is 3.50. The molecule has 1 heterocycles. The van der Waals surface area contributed by atoms with Crippen molar-refractivity contribution in [3.63, 3.8) is 0 Å². The van der Waals surface area contributed by atoms with Gasteiger partial charge in [0.2, 0.25) is 5.67 Å². The van der Waals surface area contributed by atoms with E-state index < -0.39 is 17.7 Å². The molecule has 0 unspecified atom stereocenters. The Morgan fingerprint density at radius 2 is 2.20 bits per heavy atom. The molecule has 1 aliphatic carbocycles. The number of carbonyl (C=O) groups is 1. The number of aryl methyl sites for hydroxylation is 1. The fourth-order valence-corrected chi connectivity index (χ4v) is 3.46. The molecule has 1 aromatic heterocycles. The first kappa shape index (κ1) is 18.1. The molecule has 1 aliphatic rings. The number of amides is 1. The zero-order chi connectivity index (χ0) is 18.2. The van der Waals surface area contributed by atoms with Gasteiger partial charge < -0.3 is 10.4 Å². The van der Waals surface area contributed by atoms with Crippen LogP contribution >= 0.6 is 23.2 Å². The first-order valence-electron chi connectivity index (χ1n) is 7.87. The quantitative estimate of drug-likeness (QED) is 0.842. The van der Waals surface area contributed by atoms with Crippen LogP contribution in [-0.4, -0.2) is 16.0 Å². The van der Waals surface area contributed by atoms with Crippen LogP contribution in [-0.2, 0) is 17.0 Å². The molecule has 0 saturated heterocycles. The number of pyridine rings is 1. The molecule has 2 atom stereocenters. The first-order chi connectivity index (χ1) is 11.8. The number of benzene rings is 1. The van der Waals surface area contributed by atoms with Crippen LogP contribution in [0.5, 0.6) is 0 Å². The molecule has 0 spiro atoms. The van der Waals surface area contributed by atoms with E-state index in [9.17, 15) is 9.90 Å². The molecule has 2 aromatic rings. The average molecular weight is 383 g/mol. The number of aromatic nitrogens is 1. The minimum Gasteiger partial charge on any atom is -0.387 e. The maximum absolute atomic E-state index is 15.6. The monoisotopic (exact) mass is 382 g/mol. The largest absolute Gasteiger partial charge is 0.387 e. The lowest BCUT2D eigenvalue weighted by Crippen LogP contribution is -2.44. The van der Waals surface area contributed by atoms with Gasteiger partial charge in [-0.15, -0.1) is 0 Å². The molecule has 1 aromatic carbocycles. The highest BCUT2D eigenvalue weighted by molar-refractivity contribution is 6.35. The number of halogens is 3. The van der Waals surface area contributed by atoms with Gasteiger partial charge in [0.25, 0.3) is 5.91 Å². The van der Waals surface area contributed by atoms with Crippen molar-refractivity contribution >= 4 is 29.1 Å². The van der Waals surface area contributed by atoms with Gasteiger partial charge in [-0.3, -0.25) is 9.78 Å². The maximum atomic E-state index is 15.6. The van der Waals surface area contributed by atoms with E-state index in [0.717, 1.165) is 5.56 Å². The van der Waals surface area contributed by atoms with E-state index in [4.69, 9.17) is 23.2 Å². The van der Waals surface area contributed by atoms with Crippen LogP contribution in [0.25, 0.3) is 0 Å². The summed E-state index contributed by atoms with van der Waals surface area (Å²) in [7, 11) is 0. The van der Waals surface area contributed by atoms with Crippen LogP contribution in [0.15, 0.2) is 30.5 Å². The normalized spacial score (nSPS) is 22.4. The number of fused-ring (bicyclic) bond motifs is 1. The Bertz CT molecular complexity index is 831. The van der Waals surface area contributed by atoms with Crippen molar-refractivity contribution in [2.24, 2.45) is 0 Å². The summed E-state index contributed by atoms with van der Waals surface area (Å²) < 4.78 is 15.6. The fraction of sp³-hybridized carbons (Fsp3) is 0.333. The van der Waals surface area contributed by atoms with E-state index in [-0.39, 0.29) is 30.6 Å². The topological polar surface area (TPSA) is 62.2 Å². The standard InChI is InChI=1S/C18H17Cl2FN2O2/c1-10-6-13-16(22-8-10)15(24)4-5-18(13,21)17(25)23-9-11-2-3-12(19)7-14(11)20/h2-3,6-8,15,24H,4-5,9H2,1H3,(H,23,25)/t15-,18-/m0/s1. The van der Waals surface area contributed by atoms with Crippen molar-refractivity contribution in [1.29, 1.82) is 0 Å². The molecule has 0 aliphatic heterocycles. The van der Waals surface area contributed by atoms with Gasteiger partial charge in [-0.2, -0.15) is 0 Å². The predicted molar refractivity (Wildman–Crippen MR) is 94.3 cm³/mol. The Hall–Kier alpha value is -1.69. The molecular formula is C18H17Cl2FN2O2. The number of carbonyl (C=O) groups excluding carboxylic acids is 1. The third-order valence-electron chi connectivity index (χ3n) is 4.37. The minimum atomic E-state index is -2.23. The van der Waals surface area contributed by atoms with Gasteiger partial charge in [0.05, 0.1) is 11.8 Å². The highest BCUT2D eigenvalue weighted by Gasteiger charge is 2.46. The smallest absolute Gasteiger partial charge is 0.262 e. The molecule has 4 nitrogen and oxygen atoms in total. The van der Waals surface area contributed by atoms with Crippen LogP contribution in [0.4, 0.5) is 4.39 Å². The molecule has 25 heavy (non-hydrogen) atoms. The van der Waals surface area contributed by atoms with Gasteiger partial charge in [0.1, 0.15) is 0 Å². The SMILES string of the molecule is Cc1cnc2c(c1)[C@](F)(C(=O)NCc1ccc(Cl)cc1Cl)CC[C@@H]2O. The lowest BCUT2D eigenvalue weighted by Gasteiger charge is -2.32. The summed E-state index contributed by atoms with van der Waals surface area (Å²) in [5, 5.41) is 13.5. The Morgan fingerprint density at radius 3 is 2.92 bits per heavy atom. The molecule has 0 fully saturated rings. The van der Waals surface area contributed by atoms with E-state index in [0.29, 0.717) is 15.6 Å². The van der Waals surface area contributed by atoms with E-state index in [1.165, 1.54) is 0 Å². The highest BCUT2D eigenvalue weighted by Crippen LogP contribution is 2.42. The molecular weight excluding hydrogens is 366 g/mol. The van der Waals surface area contributed by atoms with Gasteiger partial charge in [-0.1, -0.05) is 29.3 Å². The Morgan fingerprint density at radius 1 is 1.44 bits per heavy atom. The maximum Gasteiger partial charge on any atom is 0.262 e. The number of aliphatic hydroxyl groups excluding tert-OH is 1. The average Bonchev–Trinajstić information content (AvgIpc) is 2.57. The zero-order valence-corrected chi connectivity index (χ0v) is 15.0. The summed E-state index contributed by atoms with van der Waals surface area (Å²) >= 11 is 11.9. The summed E-state index contributed by atoms with van der Waals surface area (Å²) in [6, 6.07) is 6.47. The highest BCUT2D eigenvalue weighted by atomic mass is 35.5. The molecule has 0 saturated carbocycles. The Kier molecular flexibility index (Phi) is 5.00. The van der Waals surface area contributed by atoms with Crippen molar-refractivity contribution in [3.05, 3.63) is 62.9 Å². The van der Waals surface area contributed by atoms with Gasteiger partial charge >= 0.3 is 0 Å². The molecule has 2 N–H and O–H groups in total. The first-order valence-corrected chi connectivity index (χ1v) is 8.63. The second-order valence-electron chi connectivity index (χ2n) is 6.22. The van der Waals surface area contributed by atoms with E-state index in [2.05, 4.69) is 10.3 Å². The second-order valence-corrected chi connectivity index (χ2v) is 7.06. The van der Waals surface area contributed by atoms with Crippen LogP contribution in [0, 0.1) is 6.92 Å². The number of hydrogen-bond donors (Lipinski definition) is 2. The summed E-state index contributed by atoms with van der Waals surface area (Å²) in [5.74, 6) is -0.765. The van der Waals surface area contributed by atoms with Gasteiger partial charge in [-0.05, 0) is 49.1 Å². The Labute approximate surface area is 155 Å². The minimum absolute atomic E-state index is 0.0810. The molecule has 3 rings (SSSR count). The zero-order valence-electron chi connectivity index (χ0n) is 13.5. The Balaban J connectivity index is 1.84. The van der Waals surface area contributed by atoms with Crippen molar-refractivity contribution in [1.82, 2.24) is 10.3 Å². The third-order valence-corrected chi connectivity index (χ3v) is 4.96. The molecule has 1 amide bonds. The number of rotatable bonds is 3. The van der Waals surface area contributed by atoms with Crippen LogP contribution in [0.2, 0.25) is 10.0 Å². The van der Waals surface area contributed by atoms with Crippen LogP contribution in [0.1, 0.15) is 41.3 Å². The number of aliphatic hydroxyl groups is 1. The van der Waals surface area contributed by atoms with E-state index in [1.54, 1.807) is 37.4 Å². The second kappa shape index (κ2) is 6.90. The number of hydrogen-bond acceptors (Lipinski definition) is 3. The predicted octanol–water partition coefficient (Wildman–Crippen LogP) is 4.01. The summed E-state index contributed by atoms with van der Waals surface area (Å²) in [4.78, 5) is 16.7. The lowest BCUT2D eigenvalue weighted by molar-refractivity contribution is -0.135. The fourth-order valence-electron chi connectivity index (χ4n) is 2.99. The summed E-state index contributed by atoms with van der Waals surface area (Å²) in [5.41, 5.74) is -0.512. The van der Waals surface area contributed by atoms with Gasteiger partial charge in [0, 0.05) is 28.4 Å². The van der Waals surface area contributed by atoms with Crippen molar-refractivity contribution in [2.75, 3.05) is 0 Å². The van der Waals surface area contributed by atoms with Crippen LogP contribution in [0.3, 0.4) is 0 Å². The van der Waals surface area contributed by atoms with Crippen molar-refractivity contribution in [3.8, 4) is 0 Å². The molecule has 0 radical (unpaired) electrons. The van der Waals surface area contributed by atoms with Gasteiger partial charge in [0.15, 0.2) is 0 Å². The van der Waals surface area contributed by atoms with E-state index >= 15 is 4.39 Å². The molecule has 0 bridgehead atoms. The van der Waals surface area contributed by atoms with Crippen molar-refractivity contribution in [2.45, 2.75) is 38.1 Å². The number of alkyl halides is 1.